The number of nitrogens with one attached hydrogen (secondary N) is 1. The van der Waals surface area contributed by atoms with Crippen molar-refractivity contribution in [1.82, 2.24) is 0 Å². The first-order valence-corrected chi connectivity index (χ1v) is 6.83. The standard InChI is InChI=1S/C16H10BrFN2O/c17-13-6-2-1-5-11(13)9-12(10-19)16(21)20-15-8-4-3-7-14(15)18/h1-9H,(H,20,21)/b12-9-. The van der Waals surface area contributed by atoms with E-state index in [4.69, 9.17) is 5.26 Å². The van der Waals surface area contributed by atoms with Gasteiger partial charge in [-0.3, -0.25) is 4.79 Å². The maximum absolute atomic E-state index is 13.5. The second-order valence-corrected chi connectivity index (χ2v) is 4.98. The lowest BCUT2D eigenvalue weighted by Crippen LogP contribution is -2.14. The molecule has 1 N–H and O–H groups in total. The molecule has 0 heterocycles. The zero-order valence-corrected chi connectivity index (χ0v) is 12.4. The number of carbonyl (C=O) groups excluding carboxylic acids is 1. The molecule has 0 aromatic heterocycles. The zero-order chi connectivity index (χ0) is 15.2. The molecule has 0 bridgehead atoms. The number of para-hydroxylation sites is 1. The molecule has 0 aliphatic carbocycles. The molecule has 0 atom stereocenters. The van der Waals surface area contributed by atoms with E-state index in [1.54, 1.807) is 24.3 Å². The third kappa shape index (κ3) is 3.77. The van der Waals surface area contributed by atoms with Gasteiger partial charge in [0.2, 0.25) is 0 Å². The van der Waals surface area contributed by atoms with E-state index in [0.717, 1.165) is 4.47 Å². The van der Waals surface area contributed by atoms with Crippen molar-refractivity contribution < 1.29 is 9.18 Å². The van der Waals surface area contributed by atoms with Crippen LogP contribution in [0.4, 0.5) is 10.1 Å². The smallest absolute Gasteiger partial charge is 0.266 e. The van der Waals surface area contributed by atoms with Gasteiger partial charge in [-0.25, -0.2) is 4.39 Å². The minimum absolute atomic E-state index is 0.0378. The van der Waals surface area contributed by atoms with Gasteiger partial charge in [0.1, 0.15) is 17.5 Å². The van der Waals surface area contributed by atoms with Crippen molar-refractivity contribution in [3.05, 3.63) is 70.0 Å². The summed E-state index contributed by atoms with van der Waals surface area (Å²) in [6.07, 6.45) is 1.44. The monoisotopic (exact) mass is 344 g/mol. The molecule has 104 valence electrons. The van der Waals surface area contributed by atoms with Gasteiger partial charge >= 0.3 is 0 Å². The summed E-state index contributed by atoms with van der Waals surface area (Å²) in [5.74, 6) is -1.21. The highest BCUT2D eigenvalue weighted by atomic mass is 79.9. The van der Waals surface area contributed by atoms with Gasteiger partial charge in [-0.15, -0.1) is 0 Å². The Kier molecular flexibility index (Phi) is 4.85. The molecule has 0 aliphatic rings. The summed E-state index contributed by atoms with van der Waals surface area (Å²) in [4.78, 5) is 12.0. The van der Waals surface area contributed by atoms with E-state index in [0.29, 0.717) is 5.56 Å². The van der Waals surface area contributed by atoms with Gasteiger partial charge in [0.25, 0.3) is 5.91 Å². The van der Waals surface area contributed by atoms with Crippen LogP contribution in [0, 0.1) is 17.1 Å². The van der Waals surface area contributed by atoms with E-state index in [9.17, 15) is 9.18 Å². The largest absolute Gasteiger partial charge is 0.319 e. The average molecular weight is 345 g/mol. The molecular formula is C16H10BrFN2O. The fourth-order valence-electron chi connectivity index (χ4n) is 1.65. The van der Waals surface area contributed by atoms with Crippen molar-refractivity contribution >= 4 is 33.6 Å². The van der Waals surface area contributed by atoms with E-state index in [-0.39, 0.29) is 11.3 Å². The molecular weight excluding hydrogens is 335 g/mol. The Balaban J connectivity index is 2.26. The fourth-order valence-corrected chi connectivity index (χ4v) is 2.05. The molecule has 1 amide bonds. The lowest BCUT2D eigenvalue weighted by Gasteiger charge is -2.05. The molecule has 21 heavy (non-hydrogen) atoms. The molecule has 3 nitrogen and oxygen atoms in total. The molecule has 0 saturated heterocycles. The number of hydrogen-bond donors (Lipinski definition) is 1. The molecule has 5 heteroatoms. The SMILES string of the molecule is N#C/C(=C/c1ccccc1Br)C(=O)Nc1ccccc1F. The molecule has 2 aromatic carbocycles. The Hall–Kier alpha value is -2.45. The summed E-state index contributed by atoms with van der Waals surface area (Å²) in [5, 5.41) is 11.5. The number of nitriles is 1. The van der Waals surface area contributed by atoms with Crippen LogP contribution >= 0.6 is 15.9 Å². The van der Waals surface area contributed by atoms with E-state index in [2.05, 4.69) is 21.2 Å². The number of nitrogens with zero attached hydrogens (tertiary/aromatic N) is 1. The van der Waals surface area contributed by atoms with Crippen molar-refractivity contribution in [2.24, 2.45) is 0 Å². The lowest BCUT2D eigenvalue weighted by molar-refractivity contribution is -0.112. The lowest BCUT2D eigenvalue weighted by atomic mass is 10.1. The van der Waals surface area contributed by atoms with Crippen LogP contribution in [0.25, 0.3) is 6.08 Å². The maximum atomic E-state index is 13.5. The van der Waals surface area contributed by atoms with Crippen LogP contribution in [0.3, 0.4) is 0 Å². The zero-order valence-electron chi connectivity index (χ0n) is 10.8. The summed E-state index contributed by atoms with van der Waals surface area (Å²) >= 11 is 3.34. The molecule has 0 unspecified atom stereocenters. The predicted octanol–water partition coefficient (Wildman–Crippen LogP) is 4.13. The Morgan fingerprint density at radius 2 is 1.86 bits per heavy atom. The highest BCUT2D eigenvalue weighted by Gasteiger charge is 2.12. The van der Waals surface area contributed by atoms with Crippen LogP contribution < -0.4 is 5.32 Å². The summed E-state index contributed by atoms with van der Waals surface area (Å²) in [6.45, 7) is 0. The van der Waals surface area contributed by atoms with Crippen molar-refractivity contribution in [3.63, 3.8) is 0 Å². The summed E-state index contributed by atoms with van der Waals surface area (Å²) < 4.78 is 14.2. The van der Waals surface area contributed by atoms with Crippen molar-refractivity contribution in [2.45, 2.75) is 0 Å². The van der Waals surface area contributed by atoms with E-state index >= 15 is 0 Å². The average Bonchev–Trinajstić information content (AvgIpc) is 2.48. The highest BCUT2D eigenvalue weighted by molar-refractivity contribution is 9.10. The topological polar surface area (TPSA) is 52.9 Å². The minimum Gasteiger partial charge on any atom is -0.319 e. The van der Waals surface area contributed by atoms with Gasteiger partial charge in [-0.1, -0.05) is 46.3 Å². The number of halogens is 2. The van der Waals surface area contributed by atoms with Gasteiger partial charge in [-0.2, -0.15) is 5.26 Å². The molecule has 0 spiro atoms. The van der Waals surface area contributed by atoms with E-state index in [1.165, 1.54) is 24.3 Å². The first-order chi connectivity index (χ1) is 10.1. The van der Waals surface area contributed by atoms with Crippen LogP contribution in [0.2, 0.25) is 0 Å². The molecule has 2 aromatic rings. The third-order valence-corrected chi connectivity index (χ3v) is 3.41. The Morgan fingerprint density at radius 1 is 1.19 bits per heavy atom. The van der Waals surface area contributed by atoms with Crippen molar-refractivity contribution in [2.75, 3.05) is 5.32 Å². The first-order valence-electron chi connectivity index (χ1n) is 6.04. The second kappa shape index (κ2) is 6.82. The molecule has 2 rings (SSSR count). The quantitative estimate of drug-likeness (QED) is 0.672. The first kappa shape index (κ1) is 14.9. The summed E-state index contributed by atoms with van der Waals surface area (Å²) in [6, 6.07) is 14.8. The van der Waals surface area contributed by atoms with Crippen LogP contribution in [-0.4, -0.2) is 5.91 Å². The van der Waals surface area contributed by atoms with Gasteiger partial charge in [-0.05, 0) is 29.8 Å². The second-order valence-electron chi connectivity index (χ2n) is 4.13. The normalized spacial score (nSPS) is 10.8. The number of anilines is 1. The summed E-state index contributed by atoms with van der Waals surface area (Å²) in [5.41, 5.74) is 0.624. The molecule has 0 aliphatic heterocycles. The Morgan fingerprint density at radius 3 is 2.52 bits per heavy atom. The van der Waals surface area contributed by atoms with Gasteiger partial charge in [0.15, 0.2) is 0 Å². The highest BCUT2D eigenvalue weighted by Crippen LogP contribution is 2.20. The number of rotatable bonds is 3. The van der Waals surface area contributed by atoms with Crippen LogP contribution in [0.15, 0.2) is 58.6 Å². The maximum Gasteiger partial charge on any atom is 0.266 e. The summed E-state index contributed by atoms with van der Waals surface area (Å²) in [7, 11) is 0. The number of amides is 1. The van der Waals surface area contributed by atoms with E-state index < -0.39 is 11.7 Å². The van der Waals surface area contributed by atoms with Gasteiger partial charge in [0.05, 0.1) is 5.69 Å². The molecule has 0 fully saturated rings. The number of hydrogen-bond acceptors (Lipinski definition) is 2. The van der Waals surface area contributed by atoms with Crippen molar-refractivity contribution in [1.29, 1.82) is 5.26 Å². The Bertz CT molecular complexity index is 750. The fraction of sp³-hybridized carbons (Fsp3) is 0. The number of carbonyl (C=O) groups is 1. The molecule has 0 radical (unpaired) electrons. The third-order valence-electron chi connectivity index (χ3n) is 2.69. The minimum atomic E-state index is -0.654. The predicted molar refractivity (Wildman–Crippen MR) is 82.8 cm³/mol. The number of benzene rings is 2. The van der Waals surface area contributed by atoms with Crippen LogP contribution in [-0.2, 0) is 4.79 Å². The van der Waals surface area contributed by atoms with Crippen LogP contribution in [0.5, 0.6) is 0 Å². The van der Waals surface area contributed by atoms with E-state index in [1.807, 2.05) is 12.1 Å². The van der Waals surface area contributed by atoms with Crippen LogP contribution in [0.1, 0.15) is 5.56 Å². The van der Waals surface area contributed by atoms with Gasteiger partial charge < -0.3 is 5.32 Å². The molecule has 0 saturated carbocycles. The van der Waals surface area contributed by atoms with Gasteiger partial charge in [0, 0.05) is 4.47 Å². The Labute approximate surface area is 129 Å². The van der Waals surface area contributed by atoms with Crippen molar-refractivity contribution in [3.8, 4) is 6.07 Å².